The average molecular weight is 565 g/mol. The van der Waals surface area contributed by atoms with Gasteiger partial charge in [-0.1, -0.05) is 109 Å². The summed E-state index contributed by atoms with van der Waals surface area (Å²) in [5.74, 6) is 0. The van der Waals surface area contributed by atoms with E-state index in [0.717, 1.165) is 77.7 Å². The summed E-state index contributed by atoms with van der Waals surface area (Å²) in [7, 11) is 0. The highest BCUT2D eigenvalue weighted by Gasteiger charge is 2.24. The van der Waals surface area contributed by atoms with Crippen LogP contribution in [0.25, 0.3) is 88.4 Å². The molecule has 6 aromatic carbocycles. The molecule has 0 amide bonds. The van der Waals surface area contributed by atoms with Gasteiger partial charge in [0.1, 0.15) is 11.2 Å². The molecule has 0 N–H and O–H groups in total. The summed E-state index contributed by atoms with van der Waals surface area (Å²) < 4.78 is 17.8. The van der Waals surface area contributed by atoms with Gasteiger partial charge < -0.3 is 8.83 Å². The molecular weight excluding hydrogens is 540 g/mol. The minimum Gasteiger partial charge on any atom is -0.439 e. The minimum absolute atomic E-state index is 0.850. The Morgan fingerprint density at radius 2 is 0.705 bits per heavy atom. The van der Waals surface area contributed by atoms with E-state index < -0.39 is 0 Å². The van der Waals surface area contributed by atoms with Gasteiger partial charge in [-0.3, -0.25) is 9.13 Å². The first kappa shape index (κ1) is 23.6. The molecule has 4 heterocycles. The van der Waals surface area contributed by atoms with Crippen LogP contribution in [-0.4, -0.2) is 9.13 Å². The molecule has 0 bridgehead atoms. The molecule has 0 aliphatic rings. The highest BCUT2D eigenvalue weighted by Crippen LogP contribution is 2.44. The quantitative estimate of drug-likeness (QED) is 0.214. The van der Waals surface area contributed by atoms with Crippen LogP contribution in [0.4, 0.5) is 0 Å². The minimum atomic E-state index is 0.850. The molecular formula is C40H24N2O2. The number of hydrogen-bond donors (Lipinski definition) is 0. The Kier molecular flexibility index (Phi) is 4.69. The third kappa shape index (κ3) is 3.06. The molecule has 0 spiro atoms. The number of furan rings is 2. The first-order chi connectivity index (χ1) is 21.9. The van der Waals surface area contributed by atoms with Crippen molar-refractivity contribution in [2.24, 2.45) is 0 Å². The molecule has 0 aliphatic carbocycles. The molecule has 4 aromatic heterocycles. The molecule has 0 unspecified atom stereocenters. The summed E-state index contributed by atoms with van der Waals surface area (Å²) in [6.45, 7) is 0. The standard InChI is InChI=1S/C40H24N2O2/c1-7-19-31(41-33-21-9-3-15-27(33)37-29-17-5-11-23-35(29)43-39(37)41)25(13-1)26-14-2-8-20-32(26)42-34-22-10-4-16-28(34)38-30-18-6-12-24-36(30)44-40(38)42/h1-24H. The Bertz CT molecular complexity index is 2540. The van der Waals surface area contributed by atoms with Gasteiger partial charge in [0.05, 0.1) is 33.2 Å². The predicted octanol–water partition coefficient (Wildman–Crippen LogP) is 11.0. The van der Waals surface area contributed by atoms with E-state index in [1.807, 2.05) is 24.3 Å². The number of rotatable bonds is 3. The van der Waals surface area contributed by atoms with Crippen LogP contribution in [0.1, 0.15) is 0 Å². The normalized spacial score (nSPS) is 12.1. The van der Waals surface area contributed by atoms with E-state index in [-0.39, 0.29) is 0 Å². The Morgan fingerprint density at radius 1 is 0.341 bits per heavy atom. The zero-order valence-corrected chi connectivity index (χ0v) is 23.6. The van der Waals surface area contributed by atoms with Crippen molar-refractivity contribution in [1.82, 2.24) is 9.13 Å². The second-order valence-corrected chi connectivity index (χ2v) is 11.3. The molecule has 0 fully saturated rings. The number of benzene rings is 6. The summed E-state index contributed by atoms with van der Waals surface area (Å²) in [5, 5.41) is 6.88. The Morgan fingerprint density at radius 3 is 1.18 bits per heavy atom. The molecule has 44 heavy (non-hydrogen) atoms. The maximum absolute atomic E-state index is 6.61. The zero-order chi connectivity index (χ0) is 28.8. The monoisotopic (exact) mass is 564 g/mol. The highest BCUT2D eigenvalue weighted by atomic mass is 16.3. The molecule has 10 rings (SSSR count). The fourth-order valence-corrected chi connectivity index (χ4v) is 7.15. The van der Waals surface area contributed by atoms with Crippen molar-refractivity contribution < 1.29 is 8.83 Å². The van der Waals surface area contributed by atoms with Gasteiger partial charge >= 0.3 is 0 Å². The van der Waals surface area contributed by atoms with Crippen molar-refractivity contribution in [2.75, 3.05) is 0 Å². The molecule has 0 saturated heterocycles. The van der Waals surface area contributed by atoms with Gasteiger partial charge in [0.25, 0.3) is 0 Å². The van der Waals surface area contributed by atoms with Gasteiger partial charge in [-0.15, -0.1) is 0 Å². The number of para-hydroxylation sites is 6. The molecule has 10 aromatic rings. The molecule has 0 aliphatic heterocycles. The fraction of sp³-hybridized carbons (Fsp3) is 0. The molecule has 0 radical (unpaired) electrons. The maximum atomic E-state index is 6.61. The molecule has 206 valence electrons. The number of fused-ring (bicyclic) bond motifs is 10. The van der Waals surface area contributed by atoms with Gasteiger partial charge in [-0.05, 0) is 36.4 Å². The molecule has 4 nitrogen and oxygen atoms in total. The van der Waals surface area contributed by atoms with Crippen molar-refractivity contribution in [1.29, 1.82) is 0 Å². The number of hydrogen-bond acceptors (Lipinski definition) is 2. The topological polar surface area (TPSA) is 36.1 Å². The third-order valence-electron chi connectivity index (χ3n) is 8.97. The third-order valence-corrected chi connectivity index (χ3v) is 8.97. The first-order valence-corrected chi connectivity index (χ1v) is 14.9. The lowest BCUT2D eigenvalue weighted by molar-refractivity contribution is 0.644. The largest absolute Gasteiger partial charge is 0.439 e. The van der Waals surface area contributed by atoms with Crippen molar-refractivity contribution in [3.63, 3.8) is 0 Å². The average Bonchev–Trinajstić information content (AvgIpc) is 3.81. The van der Waals surface area contributed by atoms with E-state index in [2.05, 4.69) is 130 Å². The van der Waals surface area contributed by atoms with Gasteiger partial charge in [0.2, 0.25) is 11.4 Å². The van der Waals surface area contributed by atoms with E-state index in [1.54, 1.807) is 0 Å². The lowest BCUT2D eigenvalue weighted by Crippen LogP contribution is -2.00. The van der Waals surface area contributed by atoms with E-state index >= 15 is 0 Å². The molecule has 0 atom stereocenters. The van der Waals surface area contributed by atoms with E-state index in [1.165, 1.54) is 10.8 Å². The Balaban J connectivity index is 1.31. The summed E-state index contributed by atoms with van der Waals surface area (Å²) >= 11 is 0. The summed E-state index contributed by atoms with van der Waals surface area (Å²) in [4.78, 5) is 0. The van der Waals surface area contributed by atoms with Gasteiger partial charge in [0.15, 0.2) is 0 Å². The van der Waals surface area contributed by atoms with E-state index in [9.17, 15) is 0 Å². The fourth-order valence-electron chi connectivity index (χ4n) is 7.15. The van der Waals surface area contributed by atoms with Crippen LogP contribution in [0.3, 0.4) is 0 Å². The summed E-state index contributed by atoms with van der Waals surface area (Å²) in [5.41, 5.74) is 10.0. The van der Waals surface area contributed by atoms with Gasteiger partial charge in [-0.2, -0.15) is 0 Å². The smallest absolute Gasteiger partial charge is 0.213 e. The second-order valence-electron chi connectivity index (χ2n) is 11.3. The van der Waals surface area contributed by atoms with Crippen LogP contribution >= 0.6 is 0 Å². The van der Waals surface area contributed by atoms with Crippen molar-refractivity contribution >= 4 is 65.9 Å². The van der Waals surface area contributed by atoms with Crippen LogP contribution in [-0.2, 0) is 0 Å². The lowest BCUT2D eigenvalue weighted by atomic mass is 10.0. The van der Waals surface area contributed by atoms with Crippen LogP contribution < -0.4 is 0 Å². The van der Waals surface area contributed by atoms with Crippen LogP contribution in [0, 0.1) is 0 Å². The highest BCUT2D eigenvalue weighted by molar-refractivity contribution is 6.21. The van der Waals surface area contributed by atoms with Crippen molar-refractivity contribution in [3.8, 4) is 22.5 Å². The molecule has 0 saturated carbocycles. The van der Waals surface area contributed by atoms with Crippen molar-refractivity contribution in [2.45, 2.75) is 0 Å². The molecule has 4 heteroatoms. The number of nitrogens with zero attached hydrogens (tertiary/aromatic N) is 2. The first-order valence-electron chi connectivity index (χ1n) is 14.9. The summed E-state index contributed by atoms with van der Waals surface area (Å²) in [6, 6.07) is 51.0. The van der Waals surface area contributed by atoms with Crippen molar-refractivity contribution in [3.05, 3.63) is 146 Å². The maximum Gasteiger partial charge on any atom is 0.213 e. The van der Waals surface area contributed by atoms with Crippen LogP contribution in [0.15, 0.2) is 154 Å². The van der Waals surface area contributed by atoms with Crippen LogP contribution in [0.5, 0.6) is 0 Å². The summed E-state index contributed by atoms with van der Waals surface area (Å²) in [6.07, 6.45) is 0. The van der Waals surface area contributed by atoms with E-state index in [4.69, 9.17) is 8.83 Å². The Hall–Kier alpha value is -6.00. The predicted molar refractivity (Wildman–Crippen MR) is 180 cm³/mol. The van der Waals surface area contributed by atoms with Gasteiger partial charge in [0, 0.05) is 32.7 Å². The van der Waals surface area contributed by atoms with Gasteiger partial charge in [-0.25, -0.2) is 0 Å². The van der Waals surface area contributed by atoms with E-state index in [0.29, 0.717) is 0 Å². The SMILES string of the molecule is c1ccc(-n2c3ccccc3c3c4ccccc4oc32)c(-c2ccccc2-n2c3ccccc3c3c4ccccc4oc32)c1. The second kappa shape index (κ2) is 8.76. The van der Waals surface area contributed by atoms with Crippen LogP contribution in [0.2, 0.25) is 0 Å². The zero-order valence-electron chi connectivity index (χ0n) is 23.6. The Labute approximate surface area is 251 Å². The lowest BCUT2D eigenvalue weighted by Gasteiger charge is -2.17. The number of aromatic nitrogens is 2.